The number of carbonyl (C=O) groups excluding carboxylic acids is 2. The van der Waals surface area contributed by atoms with E-state index in [1.54, 1.807) is 6.08 Å². The van der Waals surface area contributed by atoms with Gasteiger partial charge < -0.3 is 5.32 Å². The van der Waals surface area contributed by atoms with Gasteiger partial charge in [0.2, 0.25) is 11.1 Å². The number of rotatable bonds is 5. The molecular weight excluding hydrogens is 166 g/mol. The van der Waals surface area contributed by atoms with E-state index in [4.69, 9.17) is 11.6 Å². The molecule has 0 aliphatic heterocycles. The van der Waals surface area contributed by atoms with Crippen molar-refractivity contribution in [2.75, 3.05) is 6.54 Å². The van der Waals surface area contributed by atoms with Crippen LogP contribution in [-0.2, 0) is 9.59 Å². The number of nitrogens with one attached hydrogen (secondary N) is 1. The molecule has 0 aromatic rings. The van der Waals surface area contributed by atoms with Gasteiger partial charge in [0.05, 0.1) is 0 Å². The zero-order chi connectivity index (χ0) is 8.69. The van der Waals surface area contributed by atoms with Gasteiger partial charge in [-0.05, 0) is 11.6 Å². The molecule has 0 aromatic heterocycles. The van der Waals surface area contributed by atoms with Gasteiger partial charge in [-0.15, -0.1) is 6.58 Å². The molecule has 0 heterocycles. The zero-order valence-electron chi connectivity index (χ0n) is 6.10. The van der Waals surface area contributed by atoms with Crippen LogP contribution in [0.4, 0.5) is 0 Å². The standard InChI is InChI=1S/C7H10ClNO2/c1-2-5-9-7(11)4-3-6(8)10/h2H,1,3-5H2,(H,9,11). The number of carbonyl (C=O) groups is 2. The van der Waals surface area contributed by atoms with E-state index < -0.39 is 5.24 Å². The Balaban J connectivity index is 3.37. The van der Waals surface area contributed by atoms with Crippen molar-refractivity contribution in [3.05, 3.63) is 12.7 Å². The van der Waals surface area contributed by atoms with Crippen LogP contribution in [0.5, 0.6) is 0 Å². The van der Waals surface area contributed by atoms with Gasteiger partial charge in [0.15, 0.2) is 0 Å². The molecule has 4 heteroatoms. The SMILES string of the molecule is C=CCNC(=O)CCC(=O)Cl. The summed E-state index contributed by atoms with van der Waals surface area (Å²) in [5.41, 5.74) is 0. The monoisotopic (exact) mass is 175 g/mol. The molecule has 0 rings (SSSR count). The van der Waals surface area contributed by atoms with E-state index >= 15 is 0 Å². The van der Waals surface area contributed by atoms with Crippen LogP contribution in [0, 0.1) is 0 Å². The third kappa shape index (κ3) is 7.06. The van der Waals surface area contributed by atoms with Gasteiger partial charge in [-0.2, -0.15) is 0 Å². The average molecular weight is 176 g/mol. The first-order chi connectivity index (χ1) is 5.16. The lowest BCUT2D eigenvalue weighted by Gasteiger charge is -1.98. The van der Waals surface area contributed by atoms with Gasteiger partial charge in [0.25, 0.3) is 0 Å². The highest BCUT2D eigenvalue weighted by Gasteiger charge is 2.02. The Morgan fingerprint density at radius 2 is 2.09 bits per heavy atom. The third-order valence-electron chi connectivity index (χ3n) is 0.992. The molecule has 11 heavy (non-hydrogen) atoms. The maximum atomic E-state index is 10.7. The lowest BCUT2D eigenvalue weighted by molar-refractivity contribution is -0.123. The molecule has 1 amide bonds. The molecule has 0 saturated carbocycles. The second kappa shape index (κ2) is 5.92. The van der Waals surface area contributed by atoms with E-state index in [0.717, 1.165) is 0 Å². The van der Waals surface area contributed by atoms with Crippen LogP contribution in [0.2, 0.25) is 0 Å². The first-order valence-electron chi connectivity index (χ1n) is 3.22. The molecule has 0 unspecified atom stereocenters. The van der Waals surface area contributed by atoms with Crippen molar-refractivity contribution >= 4 is 22.8 Å². The summed E-state index contributed by atoms with van der Waals surface area (Å²) in [6.45, 7) is 3.85. The summed E-state index contributed by atoms with van der Waals surface area (Å²) in [4.78, 5) is 20.9. The number of halogens is 1. The van der Waals surface area contributed by atoms with Gasteiger partial charge in [0.1, 0.15) is 0 Å². The summed E-state index contributed by atoms with van der Waals surface area (Å²) in [6, 6.07) is 0. The minimum atomic E-state index is -0.487. The molecule has 0 saturated heterocycles. The topological polar surface area (TPSA) is 46.2 Å². The van der Waals surface area contributed by atoms with E-state index in [0.29, 0.717) is 6.54 Å². The molecule has 0 aliphatic carbocycles. The fraction of sp³-hybridized carbons (Fsp3) is 0.429. The van der Waals surface area contributed by atoms with Crippen LogP contribution >= 0.6 is 11.6 Å². The molecule has 0 fully saturated rings. The summed E-state index contributed by atoms with van der Waals surface area (Å²) in [7, 11) is 0. The Bertz CT molecular complexity index is 168. The number of hydrogen-bond donors (Lipinski definition) is 1. The van der Waals surface area contributed by atoms with E-state index in [1.807, 2.05) is 0 Å². The van der Waals surface area contributed by atoms with Crippen molar-refractivity contribution in [3.63, 3.8) is 0 Å². The zero-order valence-corrected chi connectivity index (χ0v) is 6.86. The molecular formula is C7H10ClNO2. The van der Waals surface area contributed by atoms with E-state index in [-0.39, 0.29) is 18.7 Å². The van der Waals surface area contributed by atoms with Crippen LogP contribution in [0.3, 0.4) is 0 Å². The van der Waals surface area contributed by atoms with Gasteiger partial charge in [0, 0.05) is 19.4 Å². The molecule has 3 nitrogen and oxygen atoms in total. The maximum Gasteiger partial charge on any atom is 0.222 e. The minimum absolute atomic E-state index is 0.0878. The van der Waals surface area contributed by atoms with Crippen molar-refractivity contribution in [3.8, 4) is 0 Å². The lowest BCUT2D eigenvalue weighted by Crippen LogP contribution is -2.23. The fourth-order valence-corrected chi connectivity index (χ4v) is 0.581. The Morgan fingerprint density at radius 1 is 1.45 bits per heavy atom. The summed E-state index contributed by atoms with van der Waals surface area (Å²) in [5, 5.41) is 2.03. The summed E-state index contributed by atoms with van der Waals surface area (Å²) in [5.74, 6) is -0.182. The van der Waals surface area contributed by atoms with Gasteiger partial charge in [-0.25, -0.2) is 0 Å². The van der Waals surface area contributed by atoms with Crippen LogP contribution in [0.1, 0.15) is 12.8 Å². The highest BCUT2D eigenvalue weighted by molar-refractivity contribution is 6.63. The Hall–Kier alpha value is -0.830. The van der Waals surface area contributed by atoms with Crippen LogP contribution < -0.4 is 5.32 Å². The van der Waals surface area contributed by atoms with Gasteiger partial charge >= 0.3 is 0 Å². The highest BCUT2D eigenvalue weighted by Crippen LogP contribution is 1.93. The van der Waals surface area contributed by atoms with Gasteiger partial charge in [-0.1, -0.05) is 6.08 Å². The predicted octanol–water partition coefficient (Wildman–Crippen LogP) is 0.834. The molecule has 0 aliphatic rings. The second-order valence-corrected chi connectivity index (χ2v) is 2.37. The smallest absolute Gasteiger partial charge is 0.222 e. The van der Waals surface area contributed by atoms with E-state index in [9.17, 15) is 9.59 Å². The minimum Gasteiger partial charge on any atom is -0.353 e. The van der Waals surface area contributed by atoms with Crippen molar-refractivity contribution < 1.29 is 9.59 Å². The fourth-order valence-electron chi connectivity index (χ4n) is 0.486. The molecule has 0 spiro atoms. The van der Waals surface area contributed by atoms with Crippen molar-refractivity contribution in [1.29, 1.82) is 0 Å². The molecule has 0 radical (unpaired) electrons. The number of hydrogen-bond acceptors (Lipinski definition) is 2. The van der Waals surface area contributed by atoms with Crippen LogP contribution in [-0.4, -0.2) is 17.7 Å². The largest absolute Gasteiger partial charge is 0.353 e. The Morgan fingerprint density at radius 3 is 2.55 bits per heavy atom. The van der Waals surface area contributed by atoms with Crippen LogP contribution in [0.25, 0.3) is 0 Å². The molecule has 0 aromatic carbocycles. The van der Waals surface area contributed by atoms with Crippen LogP contribution in [0.15, 0.2) is 12.7 Å². The molecule has 62 valence electrons. The van der Waals surface area contributed by atoms with Gasteiger partial charge in [-0.3, -0.25) is 9.59 Å². The lowest BCUT2D eigenvalue weighted by atomic mass is 10.3. The quantitative estimate of drug-likeness (QED) is 0.497. The number of amides is 1. The summed E-state index contributed by atoms with van der Waals surface area (Å²) in [6.07, 6.45) is 1.81. The first-order valence-corrected chi connectivity index (χ1v) is 3.60. The molecule has 0 bridgehead atoms. The molecule has 1 N–H and O–H groups in total. The maximum absolute atomic E-state index is 10.7. The first kappa shape index (κ1) is 10.2. The van der Waals surface area contributed by atoms with E-state index in [2.05, 4.69) is 11.9 Å². The Kier molecular flexibility index (Phi) is 5.47. The molecule has 0 atom stereocenters. The third-order valence-corrected chi connectivity index (χ3v) is 1.18. The average Bonchev–Trinajstić information content (AvgIpc) is 1.97. The summed E-state index contributed by atoms with van der Waals surface area (Å²) < 4.78 is 0. The normalized spacial score (nSPS) is 8.82. The summed E-state index contributed by atoms with van der Waals surface area (Å²) >= 11 is 5.02. The van der Waals surface area contributed by atoms with Crippen molar-refractivity contribution in [2.45, 2.75) is 12.8 Å². The Labute approximate surface area is 70.4 Å². The second-order valence-electron chi connectivity index (χ2n) is 1.95. The highest BCUT2D eigenvalue weighted by atomic mass is 35.5. The predicted molar refractivity (Wildman–Crippen MR) is 43.3 cm³/mol. The van der Waals surface area contributed by atoms with E-state index in [1.165, 1.54) is 0 Å². The van der Waals surface area contributed by atoms with Crippen molar-refractivity contribution in [2.24, 2.45) is 0 Å². The van der Waals surface area contributed by atoms with Crippen molar-refractivity contribution in [1.82, 2.24) is 5.32 Å².